The van der Waals surface area contributed by atoms with Gasteiger partial charge in [-0.05, 0) is 160 Å². The van der Waals surface area contributed by atoms with E-state index in [0.29, 0.717) is 41.1 Å². The number of allylic oxidation sites excluding steroid dienone is 3. The van der Waals surface area contributed by atoms with Crippen molar-refractivity contribution in [2.24, 2.45) is 51.2 Å². The van der Waals surface area contributed by atoms with E-state index in [4.69, 9.17) is 0 Å². The molecule has 3 saturated carbocycles. The normalized spacial score (nSPS) is 37.4. The van der Waals surface area contributed by atoms with Gasteiger partial charge in [0.2, 0.25) is 5.91 Å². The Morgan fingerprint density at radius 3 is 2.35 bits per heavy atom. The minimum absolute atomic E-state index is 0.00174. The van der Waals surface area contributed by atoms with Crippen LogP contribution in [0.5, 0.6) is 0 Å². The maximum atomic E-state index is 14.4. The van der Waals surface area contributed by atoms with Crippen LogP contribution in [0, 0.1) is 51.2 Å². The highest BCUT2D eigenvalue weighted by Gasteiger charge is 2.66. The van der Waals surface area contributed by atoms with Gasteiger partial charge in [-0.1, -0.05) is 77.8 Å². The summed E-state index contributed by atoms with van der Waals surface area (Å²) in [5.41, 5.74) is 4.36. The lowest BCUT2D eigenvalue weighted by atomic mass is 9.41. The number of fused-ring (bicyclic) bond motifs is 3. The molecule has 1 aliphatic heterocycles. The summed E-state index contributed by atoms with van der Waals surface area (Å²) in [6.07, 6.45) is 17.9. The third-order valence-electron chi connectivity index (χ3n) is 15.6. The van der Waals surface area contributed by atoms with Gasteiger partial charge < -0.3 is 15.3 Å². The molecule has 2 N–H and O–H groups in total. The van der Waals surface area contributed by atoms with Gasteiger partial charge in [0.1, 0.15) is 0 Å². The molecule has 6 rings (SSSR count). The van der Waals surface area contributed by atoms with Crippen LogP contribution in [0.25, 0.3) is 5.57 Å². The number of hydrogen-bond acceptors (Lipinski definition) is 3. The summed E-state index contributed by atoms with van der Waals surface area (Å²) < 4.78 is 0. The highest BCUT2D eigenvalue weighted by atomic mass is 16.4. The van der Waals surface area contributed by atoms with Crippen molar-refractivity contribution < 1.29 is 14.7 Å². The lowest BCUT2D eigenvalue weighted by molar-refractivity contribution is -0.163. The fourth-order valence-electron chi connectivity index (χ4n) is 12.5. The molecule has 1 saturated heterocycles. The molecule has 4 fully saturated rings. The third kappa shape index (κ3) is 6.49. The Balaban J connectivity index is 1.20. The predicted molar refractivity (Wildman–Crippen MR) is 201 cm³/mol. The van der Waals surface area contributed by atoms with E-state index in [1.54, 1.807) is 12.1 Å². The lowest BCUT2D eigenvalue weighted by Crippen LogP contribution is -2.59. The number of hydrogen-bond donors (Lipinski definition) is 2. The number of nitrogens with one attached hydrogen (secondary N) is 1. The van der Waals surface area contributed by atoms with Crippen LogP contribution in [0.3, 0.4) is 0 Å². The quantitative estimate of drug-likeness (QED) is 0.243. The molecule has 1 amide bonds. The molecule has 5 nitrogen and oxygen atoms in total. The Kier molecular flexibility index (Phi) is 10.4. The van der Waals surface area contributed by atoms with Gasteiger partial charge in [-0.3, -0.25) is 4.79 Å². The molecule has 270 valence electrons. The number of likely N-dealkylation sites (tertiary alicyclic amines) is 1. The molecule has 1 aromatic rings. The van der Waals surface area contributed by atoms with E-state index in [1.807, 2.05) is 12.1 Å². The monoisotopic (exact) mass is 671 g/mol. The maximum Gasteiger partial charge on any atom is 0.335 e. The molecule has 5 aliphatic rings. The predicted octanol–water partition coefficient (Wildman–Crippen LogP) is 10.0. The van der Waals surface area contributed by atoms with Crippen molar-refractivity contribution in [3.8, 4) is 0 Å². The number of piperidine rings is 1. The standard InChI is InChI=1S/C44H66N2O3/c1-30(2)34-19-23-44(40(49)45-26-29-46-27-9-8-10-28-46)25-24-43(7)37(38(34)44)12-11-21-42(43,6)22-20-35-31(3)13-18-36(41(35,4)5)32-14-16-33(17-15-32)39(47)48/h14-18,31,34-35,37-38H,1,8-13,19-29H2,2-7H3,(H,45,49)(H,47,48). The Hall–Kier alpha value is -2.40. The summed E-state index contributed by atoms with van der Waals surface area (Å²) in [6, 6.07) is 7.53. The first kappa shape index (κ1) is 36.4. The average Bonchev–Trinajstić information content (AvgIpc) is 3.47. The molecule has 0 spiro atoms. The summed E-state index contributed by atoms with van der Waals surface area (Å²) in [7, 11) is 0. The largest absolute Gasteiger partial charge is 0.478 e. The van der Waals surface area contributed by atoms with Gasteiger partial charge in [-0.25, -0.2) is 4.79 Å². The lowest BCUT2D eigenvalue weighted by Gasteiger charge is -2.63. The number of carbonyl (C=O) groups is 2. The molecule has 49 heavy (non-hydrogen) atoms. The number of rotatable bonds is 10. The highest BCUT2D eigenvalue weighted by molar-refractivity contribution is 5.88. The molecule has 8 atom stereocenters. The van der Waals surface area contributed by atoms with Gasteiger partial charge in [0.05, 0.1) is 11.0 Å². The zero-order valence-corrected chi connectivity index (χ0v) is 31.7. The van der Waals surface area contributed by atoms with Crippen LogP contribution in [0.15, 0.2) is 42.5 Å². The van der Waals surface area contributed by atoms with Gasteiger partial charge in [-0.15, -0.1) is 0 Å². The van der Waals surface area contributed by atoms with Crippen molar-refractivity contribution in [1.82, 2.24) is 10.2 Å². The second-order valence-corrected chi connectivity index (χ2v) is 18.4. The van der Waals surface area contributed by atoms with Crippen molar-refractivity contribution in [2.75, 3.05) is 26.2 Å². The number of amides is 1. The summed E-state index contributed by atoms with van der Waals surface area (Å²) in [4.78, 5) is 28.5. The summed E-state index contributed by atoms with van der Waals surface area (Å²) >= 11 is 0. The first-order chi connectivity index (χ1) is 23.2. The number of aromatic carboxylic acids is 1. The van der Waals surface area contributed by atoms with Crippen molar-refractivity contribution in [3.63, 3.8) is 0 Å². The molecular formula is C44H66N2O3. The van der Waals surface area contributed by atoms with E-state index in [9.17, 15) is 14.7 Å². The molecule has 0 radical (unpaired) electrons. The first-order valence-electron chi connectivity index (χ1n) is 19.9. The molecule has 4 aliphatic carbocycles. The number of carbonyl (C=O) groups excluding carboxylic acids is 1. The zero-order chi connectivity index (χ0) is 35.2. The SMILES string of the molecule is C=C(C)C1CCC2(C(=O)NCCN3CCCCC3)CCC3(C)C(CCCC3(C)CCC3C(C)CC=C(c4ccc(C(=O)O)cc4)C3(C)C)C12. The summed E-state index contributed by atoms with van der Waals surface area (Å²) in [6.45, 7) is 23.4. The molecule has 8 unspecified atom stereocenters. The van der Waals surface area contributed by atoms with Crippen LogP contribution in [0.1, 0.15) is 141 Å². The summed E-state index contributed by atoms with van der Waals surface area (Å²) in [5, 5.41) is 13.0. The van der Waals surface area contributed by atoms with Gasteiger partial charge in [0.15, 0.2) is 0 Å². The number of nitrogens with zero attached hydrogens (tertiary/aromatic N) is 1. The van der Waals surface area contributed by atoms with Gasteiger partial charge in [0.25, 0.3) is 0 Å². The van der Waals surface area contributed by atoms with Crippen molar-refractivity contribution in [1.29, 1.82) is 0 Å². The second kappa shape index (κ2) is 14.0. The van der Waals surface area contributed by atoms with Gasteiger partial charge in [0, 0.05) is 13.1 Å². The van der Waals surface area contributed by atoms with E-state index in [2.05, 4.69) is 64.4 Å². The molecular weight excluding hydrogens is 604 g/mol. The van der Waals surface area contributed by atoms with E-state index in [0.717, 1.165) is 50.8 Å². The molecule has 1 aromatic carbocycles. The zero-order valence-electron chi connectivity index (χ0n) is 31.7. The van der Waals surface area contributed by atoms with Crippen molar-refractivity contribution >= 4 is 17.4 Å². The van der Waals surface area contributed by atoms with Crippen LogP contribution in [0.4, 0.5) is 0 Å². The molecule has 0 bridgehead atoms. The molecule has 5 heteroatoms. The minimum atomic E-state index is -0.872. The molecule has 0 aromatic heterocycles. The summed E-state index contributed by atoms with van der Waals surface area (Å²) in [5.74, 6) is 2.02. The fraction of sp³-hybridized carbons (Fsp3) is 0.727. The van der Waals surface area contributed by atoms with E-state index in [1.165, 1.54) is 75.6 Å². The Bertz CT molecular complexity index is 1420. The smallest absolute Gasteiger partial charge is 0.335 e. The first-order valence-corrected chi connectivity index (χ1v) is 19.9. The maximum absolute atomic E-state index is 14.4. The Morgan fingerprint density at radius 2 is 1.67 bits per heavy atom. The number of carboxylic acids is 1. The number of carboxylic acid groups (broad SMARTS) is 1. The fourth-order valence-corrected chi connectivity index (χ4v) is 12.5. The topological polar surface area (TPSA) is 69.6 Å². The second-order valence-electron chi connectivity index (χ2n) is 18.4. The number of benzene rings is 1. The van der Waals surface area contributed by atoms with Crippen LogP contribution < -0.4 is 5.32 Å². The molecule has 1 heterocycles. The Morgan fingerprint density at radius 1 is 0.959 bits per heavy atom. The van der Waals surface area contributed by atoms with E-state index < -0.39 is 5.97 Å². The van der Waals surface area contributed by atoms with Crippen LogP contribution >= 0.6 is 0 Å². The highest BCUT2D eigenvalue weighted by Crippen LogP contribution is 2.71. The van der Waals surface area contributed by atoms with Crippen LogP contribution in [0.2, 0.25) is 0 Å². The van der Waals surface area contributed by atoms with E-state index in [-0.39, 0.29) is 21.7 Å². The van der Waals surface area contributed by atoms with Gasteiger partial charge in [-0.2, -0.15) is 0 Å². The van der Waals surface area contributed by atoms with Crippen molar-refractivity contribution in [3.05, 3.63) is 53.6 Å². The third-order valence-corrected chi connectivity index (χ3v) is 15.6. The Labute approximate surface area is 297 Å². The minimum Gasteiger partial charge on any atom is -0.478 e. The van der Waals surface area contributed by atoms with Crippen LogP contribution in [-0.2, 0) is 4.79 Å². The van der Waals surface area contributed by atoms with Gasteiger partial charge >= 0.3 is 5.97 Å². The van der Waals surface area contributed by atoms with Crippen molar-refractivity contribution in [2.45, 2.75) is 125 Å². The van der Waals surface area contributed by atoms with E-state index >= 15 is 0 Å². The van der Waals surface area contributed by atoms with Crippen LogP contribution in [-0.4, -0.2) is 48.1 Å². The average molecular weight is 671 g/mol.